The van der Waals surface area contributed by atoms with E-state index >= 15 is 0 Å². The van der Waals surface area contributed by atoms with Gasteiger partial charge in [-0.3, -0.25) is 4.79 Å². The van der Waals surface area contributed by atoms with E-state index in [0.717, 1.165) is 0 Å². The molecular formula is C17H18Cl2O5. The van der Waals surface area contributed by atoms with Crippen LogP contribution < -0.4 is 4.74 Å². The molecule has 1 aliphatic carbocycles. The van der Waals surface area contributed by atoms with Crippen molar-refractivity contribution in [3.05, 3.63) is 40.4 Å². The number of allylic oxidation sites excluding steroid dienone is 1. The molecule has 7 heteroatoms. The molecule has 0 amide bonds. The molecule has 5 nitrogen and oxygen atoms in total. The van der Waals surface area contributed by atoms with E-state index in [1.54, 1.807) is 30.3 Å². The van der Waals surface area contributed by atoms with Crippen molar-refractivity contribution in [2.45, 2.75) is 20.5 Å². The van der Waals surface area contributed by atoms with Gasteiger partial charge in [0, 0.05) is 0 Å². The lowest BCUT2D eigenvalue weighted by Crippen LogP contribution is -2.11. The van der Waals surface area contributed by atoms with Gasteiger partial charge in [0.1, 0.15) is 16.8 Å². The summed E-state index contributed by atoms with van der Waals surface area (Å²) in [4.78, 5) is 22.7. The number of hydrogen-bond donors (Lipinski definition) is 1. The zero-order chi connectivity index (χ0) is 17.9. The summed E-state index contributed by atoms with van der Waals surface area (Å²) in [5.74, 6) is -1.28. The first kappa shape index (κ1) is 18.6. The fourth-order valence-corrected chi connectivity index (χ4v) is 2.96. The van der Waals surface area contributed by atoms with Crippen molar-refractivity contribution < 1.29 is 24.2 Å². The molecule has 0 aromatic heterocycles. The van der Waals surface area contributed by atoms with Crippen molar-refractivity contribution in [2.75, 3.05) is 6.61 Å². The number of benzene rings is 1. The Morgan fingerprint density at radius 1 is 1.33 bits per heavy atom. The van der Waals surface area contributed by atoms with Gasteiger partial charge < -0.3 is 14.6 Å². The molecule has 2 rings (SSSR count). The van der Waals surface area contributed by atoms with Gasteiger partial charge in [0.25, 0.3) is 0 Å². The monoisotopic (exact) mass is 372 g/mol. The van der Waals surface area contributed by atoms with Gasteiger partial charge in [-0.2, -0.15) is 0 Å². The zero-order valence-electron chi connectivity index (χ0n) is 13.3. The Balaban J connectivity index is 1.92. The molecule has 1 aromatic rings. The van der Waals surface area contributed by atoms with Crippen LogP contribution in [0.25, 0.3) is 0 Å². The zero-order valence-corrected chi connectivity index (χ0v) is 14.8. The van der Waals surface area contributed by atoms with E-state index in [2.05, 4.69) is 0 Å². The molecule has 24 heavy (non-hydrogen) atoms. The molecule has 0 spiro atoms. The third-order valence-electron chi connectivity index (χ3n) is 4.11. The summed E-state index contributed by atoms with van der Waals surface area (Å²) in [6.45, 7) is 3.57. The van der Waals surface area contributed by atoms with E-state index in [-0.39, 0.29) is 34.3 Å². The molecule has 0 heterocycles. The highest BCUT2D eigenvalue weighted by Gasteiger charge is 2.61. The van der Waals surface area contributed by atoms with Crippen LogP contribution in [0, 0.1) is 17.3 Å². The summed E-state index contributed by atoms with van der Waals surface area (Å²) >= 11 is 11.3. The first-order valence-electron chi connectivity index (χ1n) is 7.35. The average Bonchev–Trinajstić information content (AvgIpc) is 3.03. The fourth-order valence-electron chi connectivity index (χ4n) is 2.69. The Labute approximate surface area is 150 Å². The van der Waals surface area contributed by atoms with Crippen LogP contribution >= 0.6 is 23.2 Å². The smallest absolute Gasteiger partial charge is 0.341 e. The normalized spacial score (nSPS) is 20.8. The van der Waals surface area contributed by atoms with Crippen LogP contribution in [-0.2, 0) is 20.9 Å². The second-order valence-electron chi connectivity index (χ2n) is 6.22. The number of carboxylic acid groups (broad SMARTS) is 1. The molecule has 1 N–H and O–H groups in total. The van der Waals surface area contributed by atoms with Crippen molar-refractivity contribution in [2.24, 2.45) is 17.3 Å². The summed E-state index contributed by atoms with van der Waals surface area (Å²) in [7, 11) is 0. The number of hydrogen-bond acceptors (Lipinski definition) is 4. The predicted octanol–water partition coefficient (Wildman–Crippen LogP) is 3.78. The largest absolute Gasteiger partial charge is 0.482 e. The van der Waals surface area contributed by atoms with Crippen molar-refractivity contribution >= 4 is 35.1 Å². The fraction of sp³-hybridized carbons (Fsp3) is 0.412. The van der Waals surface area contributed by atoms with E-state index < -0.39 is 12.6 Å². The molecule has 1 fully saturated rings. The third kappa shape index (κ3) is 4.65. The number of halogens is 2. The van der Waals surface area contributed by atoms with Crippen molar-refractivity contribution in [3.8, 4) is 5.75 Å². The van der Waals surface area contributed by atoms with Gasteiger partial charge in [0.05, 0.1) is 5.92 Å². The number of carbonyl (C=O) groups excluding carboxylic acids is 1. The topological polar surface area (TPSA) is 72.8 Å². The van der Waals surface area contributed by atoms with Crippen molar-refractivity contribution in [1.82, 2.24) is 0 Å². The third-order valence-corrected chi connectivity index (χ3v) is 4.36. The van der Waals surface area contributed by atoms with Crippen LogP contribution in [-0.4, -0.2) is 23.7 Å². The standard InChI is InChI=1S/C17H18Cl2O5/c1-17(2)12(7-13(18)19)15(17)16(22)24-8-10-4-3-5-11(6-10)23-9-14(20)21/h3-7,12,15H,8-9H2,1-2H3,(H,20,21). The lowest BCUT2D eigenvalue weighted by atomic mass is 10.1. The SMILES string of the molecule is CC1(C)C(C=C(Cl)Cl)C1C(=O)OCc1cccc(OCC(=O)O)c1. The minimum Gasteiger partial charge on any atom is -0.482 e. The second-order valence-corrected chi connectivity index (χ2v) is 7.23. The molecule has 1 aliphatic rings. The summed E-state index contributed by atoms with van der Waals surface area (Å²) in [6, 6.07) is 6.76. The molecule has 1 aromatic carbocycles. The maximum atomic E-state index is 12.2. The highest BCUT2D eigenvalue weighted by atomic mass is 35.5. The van der Waals surface area contributed by atoms with Gasteiger partial charge in [-0.15, -0.1) is 0 Å². The van der Waals surface area contributed by atoms with Crippen molar-refractivity contribution in [1.29, 1.82) is 0 Å². The Morgan fingerprint density at radius 2 is 2.04 bits per heavy atom. The molecule has 2 unspecified atom stereocenters. The van der Waals surface area contributed by atoms with Gasteiger partial charge in [-0.05, 0) is 35.1 Å². The molecule has 2 atom stereocenters. The maximum Gasteiger partial charge on any atom is 0.341 e. The Bertz CT molecular complexity index is 665. The lowest BCUT2D eigenvalue weighted by molar-refractivity contribution is -0.147. The summed E-state index contributed by atoms with van der Waals surface area (Å²) in [6.07, 6.45) is 1.66. The van der Waals surface area contributed by atoms with Gasteiger partial charge in [0.15, 0.2) is 6.61 Å². The van der Waals surface area contributed by atoms with Gasteiger partial charge in [0.2, 0.25) is 0 Å². The molecule has 1 saturated carbocycles. The lowest BCUT2D eigenvalue weighted by Gasteiger charge is -2.08. The number of ether oxygens (including phenoxy) is 2. The number of rotatable bonds is 7. The number of esters is 1. The van der Waals surface area contributed by atoms with Gasteiger partial charge in [-0.25, -0.2) is 4.79 Å². The number of aliphatic carboxylic acids is 1. The quantitative estimate of drug-likeness (QED) is 0.737. The van der Waals surface area contributed by atoms with E-state index in [9.17, 15) is 9.59 Å². The van der Waals surface area contributed by atoms with Crippen LogP contribution in [0.2, 0.25) is 0 Å². The predicted molar refractivity (Wildman–Crippen MR) is 89.9 cm³/mol. The minimum atomic E-state index is -1.06. The highest BCUT2D eigenvalue weighted by molar-refractivity contribution is 6.55. The van der Waals surface area contributed by atoms with E-state index in [1.807, 2.05) is 13.8 Å². The van der Waals surface area contributed by atoms with Crippen LogP contribution in [0.4, 0.5) is 0 Å². The molecule has 0 saturated heterocycles. The van der Waals surface area contributed by atoms with Gasteiger partial charge in [-0.1, -0.05) is 49.2 Å². The summed E-state index contributed by atoms with van der Waals surface area (Å²) in [5.41, 5.74) is 0.477. The molecule has 130 valence electrons. The molecule has 0 aliphatic heterocycles. The highest BCUT2D eigenvalue weighted by Crippen LogP contribution is 2.60. The first-order chi connectivity index (χ1) is 11.2. The summed E-state index contributed by atoms with van der Waals surface area (Å²) < 4.78 is 10.6. The summed E-state index contributed by atoms with van der Waals surface area (Å²) in [5, 5.41) is 8.61. The molecular weight excluding hydrogens is 355 g/mol. The van der Waals surface area contributed by atoms with E-state index in [4.69, 9.17) is 37.8 Å². The average molecular weight is 373 g/mol. The van der Waals surface area contributed by atoms with E-state index in [1.165, 1.54) is 0 Å². The Kier molecular flexibility index (Phi) is 5.78. The molecule has 0 bridgehead atoms. The number of carboxylic acids is 1. The first-order valence-corrected chi connectivity index (χ1v) is 8.10. The Hall–Kier alpha value is -1.72. The second kappa shape index (κ2) is 7.45. The van der Waals surface area contributed by atoms with E-state index in [0.29, 0.717) is 11.3 Å². The Morgan fingerprint density at radius 3 is 2.67 bits per heavy atom. The minimum absolute atomic E-state index is 0.0414. The number of carbonyl (C=O) groups is 2. The van der Waals surface area contributed by atoms with Crippen LogP contribution in [0.1, 0.15) is 19.4 Å². The van der Waals surface area contributed by atoms with Gasteiger partial charge >= 0.3 is 11.9 Å². The maximum absolute atomic E-state index is 12.2. The van der Waals surface area contributed by atoms with Crippen LogP contribution in [0.3, 0.4) is 0 Å². The van der Waals surface area contributed by atoms with Crippen LogP contribution in [0.5, 0.6) is 5.75 Å². The van der Waals surface area contributed by atoms with Crippen LogP contribution in [0.15, 0.2) is 34.8 Å². The van der Waals surface area contributed by atoms with Crippen molar-refractivity contribution in [3.63, 3.8) is 0 Å². The molecule has 0 radical (unpaired) electrons.